The number of rotatable bonds is 7. The molecule has 0 N–H and O–H groups in total. The standard InChI is InChI=1S/C19H20N2O5/c1-13(18(22)25-4)17(19(23)26-5)16(24-3)11-15(12-20)21(2)14-9-7-6-8-10-14/h6-11H,1H2,2-5H3/b15-11+,17-16+. The number of benzene rings is 1. The first-order valence-electron chi connectivity index (χ1n) is 7.45. The number of allylic oxidation sites excluding steroid dienone is 2. The summed E-state index contributed by atoms with van der Waals surface area (Å²) < 4.78 is 14.5. The summed E-state index contributed by atoms with van der Waals surface area (Å²) in [5, 5.41) is 9.51. The molecule has 0 aliphatic rings. The van der Waals surface area contributed by atoms with Crippen molar-refractivity contribution in [3.8, 4) is 6.07 Å². The molecule has 1 aromatic rings. The lowest BCUT2D eigenvalue weighted by atomic mass is 10.1. The van der Waals surface area contributed by atoms with Crippen LogP contribution in [0.2, 0.25) is 0 Å². The molecule has 26 heavy (non-hydrogen) atoms. The number of nitrogens with zero attached hydrogens (tertiary/aromatic N) is 2. The van der Waals surface area contributed by atoms with E-state index in [4.69, 9.17) is 9.47 Å². The average Bonchev–Trinajstić information content (AvgIpc) is 2.69. The van der Waals surface area contributed by atoms with E-state index in [2.05, 4.69) is 11.3 Å². The van der Waals surface area contributed by atoms with Crippen molar-refractivity contribution in [1.29, 1.82) is 5.26 Å². The molecular weight excluding hydrogens is 336 g/mol. The molecule has 0 unspecified atom stereocenters. The van der Waals surface area contributed by atoms with Gasteiger partial charge in [0.15, 0.2) is 0 Å². The van der Waals surface area contributed by atoms with Gasteiger partial charge in [-0.25, -0.2) is 9.59 Å². The summed E-state index contributed by atoms with van der Waals surface area (Å²) in [6.07, 6.45) is 1.33. The van der Waals surface area contributed by atoms with Gasteiger partial charge in [-0.3, -0.25) is 0 Å². The van der Waals surface area contributed by atoms with Crippen molar-refractivity contribution < 1.29 is 23.8 Å². The largest absolute Gasteiger partial charge is 0.496 e. The Hall–Kier alpha value is -3.53. The number of hydrogen-bond acceptors (Lipinski definition) is 7. The van der Waals surface area contributed by atoms with Gasteiger partial charge in [0.05, 0.1) is 26.9 Å². The van der Waals surface area contributed by atoms with E-state index in [1.807, 2.05) is 36.4 Å². The van der Waals surface area contributed by atoms with E-state index in [9.17, 15) is 14.9 Å². The zero-order valence-electron chi connectivity index (χ0n) is 15.1. The number of nitriles is 1. The number of carbonyl (C=O) groups excluding carboxylic acids is 2. The molecule has 0 bridgehead atoms. The first-order chi connectivity index (χ1) is 12.4. The summed E-state index contributed by atoms with van der Waals surface area (Å²) in [6, 6.07) is 11.2. The summed E-state index contributed by atoms with van der Waals surface area (Å²) >= 11 is 0. The van der Waals surface area contributed by atoms with Crippen LogP contribution in [-0.4, -0.2) is 40.3 Å². The second-order valence-electron chi connectivity index (χ2n) is 4.94. The molecule has 1 rings (SSSR count). The van der Waals surface area contributed by atoms with Crippen LogP contribution in [0.4, 0.5) is 5.69 Å². The van der Waals surface area contributed by atoms with Crippen molar-refractivity contribution in [3.05, 3.63) is 65.6 Å². The van der Waals surface area contributed by atoms with E-state index in [-0.39, 0.29) is 22.6 Å². The third-order valence-electron chi connectivity index (χ3n) is 3.48. The van der Waals surface area contributed by atoms with Crippen molar-refractivity contribution in [1.82, 2.24) is 0 Å². The van der Waals surface area contributed by atoms with Crippen LogP contribution in [0.3, 0.4) is 0 Å². The predicted octanol–water partition coefficient (Wildman–Crippen LogP) is 2.33. The van der Waals surface area contributed by atoms with Crippen LogP contribution in [0.5, 0.6) is 0 Å². The smallest absolute Gasteiger partial charge is 0.342 e. The molecule has 7 heteroatoms. The summed E-state index contributed by atoms with van der Waals surface area (Å²) in [4.78, 5) is 25.5. The molecule has 1 aromatic carbocycles. The summed E-state index contributed by atoms with van der Waals surface area (Å²) in [6.45, 7) is 3.56. The quantitative estimate of drug-likeness (QED) is 0.243. The maximum atomic E-state index is 12.1. The van der Waals surface area contributed by atoms with Crippen LogP contribution in [0.25, 0.3) is 0 Å². The number of methoxy groups -OCH3 is 3. The molecule has 136 valence electrons. The first kappa shape index (κ1) is 20.5. The molecule has 0 aromatic heterocycles. The highest BCUT2D eigenvalue weighted by molar-refractivity contribution is 6.07. The zero-order chi connectivity index (χ0) is 19.7. The van der Waals surface area contributed by atoms with Crippen LogP contribution < -0.4 is 4.90 Å². The summed E-state index contributed by atoms with van der Waals surface area (Å²) in [5.41, 5.74) is 0.456. The molecule has 0 spiro atoms. The Morgan fingerprint density at radius 1 is 1.08 bits per heavy atom. The lowest BCUT2D eigenvalue weighted by Gasteiger charge is -2.19. The monoisotopic (exact) mass is 356 g/mol. The lowest BCUT2D eigenvalue weighted by molar-refractivity contribution is -0.139. The third-order valence-corrected chi connectivity index (χ3v) is 3.48. The fraction of sp³-hybridized carbons (Fsp3) is 0.211. The number of anilines is 1. The molecule has 0 amide bonds. The Bertz CT molecular complexity index is 788. The Morgan fingerprint density at radius 2 is 1.65 bits per heavy atom. The predicted molar refractivity (Wildman–Crippen MR) is 95.7 cm³/mol. The van der Waals surface area contributed by atoms with Gasteiger partial charge in [-0.1, -0.05) is 24.8 Å². The van der Waals surface area contributed by atoms with Crippen molar-refractivity contribution >= 4 is 17.6 Å². The SMILES string of the molecule is C=C(C(=O)OC)/C(C(=O)OC)=C(/C=C(\C#N)N(C)c1ccccc1)OC. The van der Waals surface area contributed by atoms with Gasteiger partial charge in [-0.2, -0.15) is 5.26 Å². The maximum Gasteiger partial charge on any atom is 0.342 e. The van der Waals surface area contributed by atoms with E-state index in [0.717, 1.165) is 19.9 Å². The van der Waals surface area contributed by atoms with E-state index in [1.54, 1.807) is 11.9 Å². The molecule has 0 heterocycles. The fourth-order valence-corrected chi connectivity index (χ4v) is 2.05. The lowest BCUT2D eigenvalue weighted by Crippen LogP contribution is -2.19. The van der Waals surface area contributed by atoms with Gasteiger partial charge >= 0.3 is 11.9 Å². The number of hydrogen-bond donors (Lipinski definition) is 0. The molecule has 0 saturated heterocycles. The molecule has 7 nitrogen and oxygen atoms in total. The Morgan fingerprint density at radius 3 is 2.12 bits per heavy atom. The second kappa shape index (κ2) is 9.69. The number of carbonyl (C=O) groups is 2. The topological polar surface area (TPSA) is 88.9 Å². The van der Waals surface area contributed by atoms with Crippen LogP contribution in [-0.2, 0) is 23.8 Å². The van der Waals surface area contributed by atoms with Crippen molar-refractivity contribution in [3.63, 3.8) is 0 Å². The molecular formula is C19H20N2O5. The highest BCUT2D eigenvalue weighted by Gasteiger charge is 2.25. The molecule has 0 aliphatic carbocycles. The normalized spacial score (nSPS) is 11.6. The second-order valence-corrected chi connectivity index (χ2v) is 4.94. The zero-order valence-corrected chi connectivity index (χ0v) is 15.1. The van der Waals surface area contributed by atoms with Gasteiger partial charge in [0.1, 0.15) is 23.1 Å². The molecule has 0 fully saturated rings. The van der Waals surface area contributed by atoms with Gasteiger partial charge in [-0.15, -0.1) is 0 Å². The van der Waals surface area contributed by atoms with Gasteiger partial charge in [0, 0.05) is 18.8 Å². The van der Waals surface area contributed by atoms with E-state index >= 15 is 0 Å². The van der Waals surface area contributed by atoms with Gasteiger partial charge in [-0.05, 0) is 12.1 Å². The minimum absolute atomic E-state index is 0.0495. The fourth-order valence-electron chi connectivity index (χ4n) is 2.05. The van der Waals surface area contributed by atoms with Gasteiger partial charge in [0.2, 0.25) is 0 Å². The molecule has 0 aliphatic heterocycles. The maximum absolute atomic E-state index is 12.1. The summed E-state index contributed by atoms with van der Waals surface area (Å²) in [7, 11) is 5.31. The summed E-state index contributed by atoms with van der Waals surface area (Å²) in [5.74, 6) is -1.71. The molecule has 0 atom stereocenters. The molecule has 0 radical (unpaired) electrons. The van der Waals surface area contributed by atoms with E-state index in [1.165, 1.54) is 13.2 Å². The minimum Gasteiger partial charge on any atom is -0.496 e. The number of esters is 2. The first-order valence-corrected chi connectivity index (χ1v) is 7.45. The Kier molecular flexibility index (Phi) is 7.65. The van der Waals surface area contributed by atoms with E-state index < -0.39 is 11.9 Å². The van der Waals surface area contributed by atoms with Crippen molar-refractivity contribution in [2.75, 3.05) is 33.3 Å². The average molecular weight is 356 g/mol. The Labute approximate surface area is 152 Å². The van der Waals surface area contributed by atoms with Crippen LogP contribution in [0, 0.1) is 11.3 Å². The number of ether oxygens (including phenoxy) is 3. The van der Waals surface area contributed by atoms with Crippen LogP contribution in [0.15, 0.2) is 65.6 Å². The van der Waals surface area contributed by atoms with Gasteiger partial charge in [0.25, 0.3) is 0 Å². The highest BCUT2D eigenvalue weighted by Crippen LogP contribution is 2.22. The van der Waals surface area contributed by atoms with Crippen molar-refractivity contribution in [2.24, 2.45) is 0 Å². The van der Waals surface area contributed by atoms with Crippen LogP contribution in [0.1, 0.15) is 0 Å². The van der Waals surface area contributed by atoms with Crippen molar-refractivity contribution in [2.45, 2.75) is 0 Å². The third kappa shape index (κ3) is 4.74. The highest BCUT2D eigenvalue weighted by atomic mass is 16.5. The van der Waals surface area contributed by atoms with Crippen LogP contribution >= 0.6 is 0 Å². The molecule has 0 saturated carbocycles. The minimum atomic E-state index is -0.840. The number of para-hydroxylation sites is 1. The Balaban J connectivity index is 3.50. The van der Waals surface area contributed by atoms with E-state index in [0.29, 0.717) is 0 Å². The van der Waals surface area contributed by atoms with Gasteiger partial charge < -0.3 is 19.1 Å².